The summed E-state index contributed by atoms with van der Waals surface area (Å²) in [5.74, 6) is 0. The second kappa shape index (κ2) is 4.59. The Labute approximate surface area is 101 Å². The van der Waals surface area contributed by atoms with Crippen LogP contribution in [-0.4, -0.2) is 10.2 Å². The van der Waals surface area contributed by atoms with Crippen molar-refractivity contribution in [3.8, 4) is 0 Å². The Bertz CT molecular complexity index is 520. The highest BCUT2D eigenvalue weighted by molar-refractivity contribution is 5.58. The van der Waals surface area contributed by atoms with Gasteiger partial charge in [0, 0.05) is 29.7 Å². The molecule has 1 aromatic heterocycles. The molecule has 0 unspecified atom stereocenters. The Morgan fingerprint density at radius 3 is 2.72 bits per heavy atom. The quantitative estimate of drug-likeness (QED) is 0.739. The van der Waals surface area contributed by atoms with Gasteiger partial charge in [0.15, 0.2) is 0 Å². The number of halogens is 3. The van der Waals surface area contributed by atoms with E-state index >= 15 is 0 Å². The number of benzene rings is 1. The predicted octanol–water partition coefficient (Wildman–Crippen LogP) is 2.62. The van der Waals surface area contributed by atoms with Crippen LogP contribution < -0.4 is 11.1 Å². The topological polar surface area (TPSA) is 66.7 Å². The molecule has 4 nitrogen and oxygen atoms in total. The standard InChI is InChI=1S/C11H11F3N4/c12-11(13,14)9-3-8(1-2-10(9)15)16-4-7-5-17-18-6-7/h1-3,5-6,16H,4,15H2,(H,17,18). The summed E-state index contributed by atoms with van der Waals surface area (Å²) in [7, 11) is 0. The normalized spacial score (nSPS) is 11.5. The summed E-state index contributed by atoms with van der Waals surface area (Å²) in [6.45, 7) is 0.387. The number of H-pyrrole nitrogens is 1. The zero-order valence-corrected chi connectivity index (χ0v) is 9.25. The van der Waals surface area contributed by atoms with Gasteiger partial charge in [-0.3, -0.25) is 5.10 Å². The van der Waals surface area contributed by atoms with Crippen molar-refractivity contribution < 1.29 is 13.2 Å². The number of nitrogens with zero attached hydrogens (tertiary/aromatic N) is 1. The second-order valence-corrected chi connectivity index (χ2v) is 3.76. The molecule has 18 heavy (non-hydrogen) atoms. The van der Waals surface area contributed by atoms with E-state index in [1.54, 1.807) is 12.4 Å². The Morgan fingerprint density at radius 2 is 2.11 bits per heavy atom. The van der Waals surface area contributed by atoms with E-state index in [1.165, 1.54) is 12.1 Å². The number of rotatable bonds is 3. The molecule has 0 bridgehead atoms. The lowest BCUT2D eigenvalue weighted by Gasteiger charge is -2.12. The first-order valence-electron chi connectivity index (χ1n) is 5.15. The summed E-state index contributed by atoms with van der Waals surface area (Å²) in [6, 6.07) is 3.74. The third-order valence-corrected chi connectivity index (χ3v) is 2.41. The number of aromatic nitrogens is 2. The molecule has 0 saturated heterocycles. The van der Waals surface area contributed by atoms with Crippen LogP contribution in [-0.2, 0) is 12.7 Å². The minimum absolute atomic E-state index is 0.281. The number of nitrogen functional groups attached to an aromatic ring is 1. The van der Waals surface area contributed by atoms with Crippen molar-refractivity contribution in [3.05, 3.63) is 41.7 Å². The molecule has 0 aliphatic heterocycles. The molecule has 2 rings (SSSR count). The van der Waals surface area contributed by atoms with Crippen molar-refractivity contribution in [1.82, 2.24) is 10.2 Å². The molecular formula is C11H11F3N4. The molecule has 7 heteroatoms. The highest BCUT2D eigenvalue weighted by atomic mass is 19.4. The summed E-state index contributed by atoms with van der Waals surface area (Å²) in [5, 5.41) is 9.23. The van der Waals surface area contributed by atoms with E-state index in [9.17, 15) is 13.2 Å². The molecule has 1 heterocycles. The molecule has 0 amide bonds. The molecule has 0 fully saturated rings. The molecule has 4 N–H and O–H groups in total. The van der Waals surface area contributed by atoms with E-state index in [-0.39, 0.29) is 5.69 Å². The van der Waals surface area contributed by atoms with Gasteiger partial charge >= 0.3 is 6.18 Å². The molecule has 0 aliphatic carbocycles. The van der Waals surface area contributed by atoms with Gasteiger partial charge in [-0.25, -0.2) is 0 Å². The zero-order chi connectivity index (χ0) is 13.2. The van der Waals surface area contributed by atoms with Crippen LogP contribution in [0.5, 0.6) is 0 Å². The average molecular weight is 256 g/mol. The maximum absolute atomic E-state index is 12.6. The van der Waals surface area contributed by atoms with Crippen LogP contribution in [0.25, 0.3) is 0 Å². The molecule has 0 atom stereocenters. The SMILES string of the molecule is Nc1ccc(NCc2cn[nH]c2)cc1C(F)(F)F. The fourth-order valence-electron chi connectivity index (χ4n) is 1.49. The largest absolute Gasteiger partial charge is 0.418 e. The minimum Gasteiger partial charge on any atom is -0.398 e. The molecule has 0 spiro atoms. The Kier molecular flexibility index (Phi) is 3.14. The summed E-state index contributed by atoms with van der Waals surface area (Å²) in [4.78, 5) is 0. The van der Waals surface area contributed by atoms with E-state index < -0.39 is 11.7 Å². The Balaban J connectivity index is 2.15. The van der Waals surface area contributed by atoms with Gasteiger partial charge in [0.1, 0.15) is 0 Å². The molecule has 2 aromatic rings. The van der Waals surface area contributed by atoms with Gasteiger partial charge in [-0.05, 0) is 18.2 Å². The van der Waals surface area contributed by atoms with Crippen LogP contribution >= 0.6 is 0 Å². The van der Waals surface area contributed by atoms with E-state index in [4.69, 9.17) is 5.73 Å². The fourth-order valence-corrected chi connectivity index (χ4v) is 1.49. The Hall–Kier alpha value is -2.18. The number of hydrogen-bond donors (Lipinski definition) is 3. The molecular weight excluding hydrogens is 245 g/mol. The predicted molar refractivity (Wildman–Crippen MR) is 61.8 cm³/mol. The van der Waals surface area contributed by atoms with Crippen molar-refractivity contribution >= 4 is 11.4 Å². The smallest absolute Gasteiger partial charge is 0.398 e. The highest BCUT2D eigenvalue weighted by Crippen LogP contribution is 2.35. The van der Waals surface area contributed by atoms with Crippen molar-refractivity contribution in [2.45, 2.75) is 12.7 Å². The van der Waals surface area contributed by atoms with Gasteiger partial charge in [0.25, 0.3) is 0 Å². The molecule has 0 aliphatic rings. The number of alkyl halides is 3. The number of nitrogens with two attached hydrogens (primary N) is 1. The summed E-state index contributed by atoms with van der Waals surface area (Å²) < 4.78 is 37.9. The van der Waals surface area contributed by atoms with Gasteiger partial charge in [-0.1, -0.05) is 0 Å². The number of aromatic amines is 1. The third kappa shape index (κ3) is 2.73. The van der Waals surface area contributed by atoms with Crippen molar-refractivity contribution in [2.24, 2.45) is 0 Å². The van der Waals surface area contributed by atoms with E-state index in [0.29, 0.717) is 12.2 Å². The van der Waals surface area contributed by atoms with Gasteiger partial charge < -0.3 is 11.1 Å². The summed E-state index contributed by atoms with van der Waals surface area (Å²) in [5.41, 5.74) is 5.40. The van der Waals surface area contributed by atoms with E-state index in [1.807, 2.05) is 0 Å². The van der Waals surface area contributed by atoms with Crippen LogP contribution in [0.2, 0.25) is 0 Å². The van der Waals surface area contributed by atoms with Gasteiger partial charge in [-0.15, -0.1) is 0 Å². The maximum Gasteiger partial charge on any atom is 0.418 e. The van der Waals surface area contributed by atoms with E-state index in [0.717, 1.165) is 11.6 Å². The molecule has 96 valence electrons. The summed E-state index contributed by atoms with van der Waals surface area (Å²) >= 11 is 0. The fraction of sp³-hybridized carbons (Fsp3) is 0.182. The lowest BCUT2D eigenvalue weighted by molar-refractivity contribution is -0.136. The van der Waals surface area contributed by atoms with Crippen LogP contribution in [0.4, 0.5) is 24.5 Å². The first-order chi connectivity index (χ1) is 8.47. The number of hydrogen-bond acceptors (Lipinski definition) is 3. The van der Waals surface area contributed by atoms with Crippen LogP contribution in [0.3, 0.4) is 0 Å². The summed E-state index contributed by atoms with van der Waals surface area (Å²) in [6.07, 6.45) is -1.19. The monoisotopic (exact) mass is 256 g/mol. The highest BCUT2D eigenvalue weighted by Gasteiger charge is 2.33. The zero-order valence-electron chi connectivity index (χ0n) is 9.25. The lowest BCUT2D eigenvalue weighted by Crippen LogP contribution is -2.10. The average Bonchev–Trinajstić information content (AvgIpc) is 2.79. The molecule has 0 radical (unpaired) electrons. The maximum atomic E-state index is 12.6. The van der Waals surface area contributed by atoms with Crippen LogP contribution in [0.1, 0.15) is 11.1 Å². The van der Waals surface area contributed by atoms with Gasteiger partial charge in [0.2, 0.25) is 0 Å². The van der Waals surface area contributed by atoms with Crippen molar-refractivity contribution in [2.75, 3.05) is 11.1 Å². The van der Waals surface area contributed by atoms with Crippen molar-refractivity contribution in [1.29, 1.82) is 0 Å². The first kappa shape index (κ1) is 12.3. The van der Waals surface area contributed by atoms with Crippen molar-refractivity contribution in [3.63, 3.8) is 0 Å². The molecule has 1 aromatic carbocycles. The molecule has 0 saturated carbocycles. The van der Waals surface area contributed by atoms with Crippen LogP contribution in [0.15, 0.2) is 30.6 Å². The third-order valence-electron chi connectivity index (χ3n) is 2.41. The minimum atomic E-state index is -4.45. The van der Waals surface area contributed by atoms with Gasteiger partial charge in [0.05, 0.1) is 11.8 Å². The second-order valence-electron chi connectivity index (χ2n) is 3.76. The van der Waals surface area contributed by atoms with Crippen LogP contribution in [0, 0.1) is 0 Å². The first-order valence-corrected chi connectivity index (χ1v) is 5.15. The lowest BCUT2D eigenvalue weighted by atomic mass is 10.1. The number of anilines is 2. The van der Waals surface area contributed by atoms with E-state index in [2.05, 4.69) is 15.5 Å². The van der Waals surface area contributed by atoms with Gasteiger partial charge in [-0.2, -0.15) is 18.3 Å². The Morgan fingerprint density at radius 1 is 1.33 bits per heavy atom. The number of nitrogens with one attached hydrogen (secondary N) is 2.